The van der Waals surface area contributed by atoms with Crippen molar-refractivity contribution in [3.8, 4) is 0 Å². The minimum atomic E-state index is -0.708. The smallest absolute Gasteiger partial charge is 0.338 e. The van der Waals surface area contributed by atoms with Crippen molar-refractivity contribution in [3.63, 3.8) is 0 Å². The number of rotatable bonds is 5. The number of ether oxygens (including phenoxy) is 1. The number of imide groups is 1. The number of hydrogen-bond acceptors (Lipinski definition) is 5. The van der Waals surface area contributed by atoms with Crippen molar-refractivity contribution in [3.05, 3.63) is 94.5 Å². The minimum Gasteiger partial charge on any atom is -0.452 e. The van der Waals surface area contributed by atoms with E-state index in [1.165, 1.54) is 24.3 Å². The maximum Gasteiger partial charge on any atom is 0.338 e. The lowest BCUT2D eigenvalue weighted by atomic mass is 10.1. The molecule has 0 aliphatic carbocycles. The minimum absolute atomic E-state index is 0.180. The summed E-state index contributed by atoms with van der Waals surface area (Å²) in [6, 6.07) is 18.9. The van der Waals surface area contributed by atoms with Crippen molar-refractivity contribution >= 4 is 46.7 Å². The normalized spacial score (nSPS) is 12.5. The Labute approximate surface area is 182 Å². The summed E-state index contributed by atoms with van der Waals surface area (Å²) in [6.07, 6.45) is 0. The predicted molar refractivity (Wildman–Crippen MR) is 114 cm³/mol. The average molecular weight is 435 g/mol. The molecule has 1 heterocycles. The van der Waals surface area contributed by atoms with Gasteiger partial charge in [-0.05, 0) is 60.7 Å². The lowest BCUT2D eigenvalue weighted by Gasteiger charge is -2.14. The van der Waals surface area contributed by atoms with Gasteiger partial charge < -0.3 is 10.1 Å². The molecule has 0 atom stereocenters. The van der Waals surface area contributed by atoms with Gasteiger partial charge in [-0.3, -0.25) is 14.4 Å². The first-order chi connectivity index (χ1) is 14.9. The Kier molecular flexibility index (Phi) is 5.51. The van der Waals surface area contributed by atoms with E-state index >= 15 is 0 Å². The van der Waals surface area contributed by atoms with E-state index < -0.39 is 30.3 Å². The molecule has 0 aromatic heterocycles. The molecule has 1 N–H and O–H groups in total. The van der Waals surface area contributed by atoms with Crippen LogP contribution in [0, 0.1) is 0 Å². The molecule has 0 bridgehead atoms. The summed E-state index contributed by atoms with van der Waals surface area (Å²) in [5.74, 6) is -2.05. The first kappa shape index (κ1) is 20.3. The van der Waals surface area contributed by atoms with Gasteiger partial charge in [0.2, 0.25) is 0 Å². The second-order valence-corrected chi connectivity index (χ2v) is 7.11. The van der Waals surface area contributed by atoms with E-state index in [2.05, 4.69) is 5.32 Å². The Morgan fingerprint density at radius 1 is 0.839 bits per heavy atom. The van der Waals surface area contributed by atoms with Crippen LogP contribution in [0.4, 0.5) is 11.4 Å². The Morgan fingerprint density at radius 3 is 2.00 bits per heavy atom. The molecule has 154 valence electrons. The summed E-state index contributed by atoms with van der Waals surface area (Å²) in [5, 5.41) is 3.12. The summed E-state index contributed by atoms with van der Waals surface area (Å²) in [5.41, 5.74) is 1.71. The van der Waals surface area contributed by atoms with E-state index in [0.717, 1.165) is 4.90 Å². The first-order valence-corrected chi connectivity index (χ1v) is 9.62. The summed E-state index contributed by atoms with van der Waals surface area (Å²) in [7, 11) is 0. The van der Waals surface area contributed by atoms with Gasteiger partial charge in [0.1, 0.15) is 0 Å². The lowest BCUT2D eigenvalue weighted by molar-refractivity contribution is -0.119. The number of carbonyl (C=O) groups excluding carboxylic acids is 4. The molecule has 3 amide bonds. The van der Waals surface area contributed by atoms with E-state index in [9.17, 15) is 19.2 Å². The van der Waals surface area contributed by atoms with Crippen LogP contribution in [0.2, 0.25) is 5.02 Å². The largest absolute Gasteiger partial charge is 0.452 e. The SMILES string of the molecule is O=C(COC(=O)c1ccc(N2C(=O)c3ccccc3C2=O)cc1)Nc1ccc(Cl)cc1. The summed E-state index contributed by atoms with van der Waals surface area (Å²) < 4.78 is 5.02. The molecule has 1 aliphatic rings. The van der Waals surface area contributed by atoms with E-state index in [4.69, 9.17) is 16.3 Å². The molecule has 0 saturated carbocycles. The van der Waals surface area contributed by atoms with E-state index in [1.54, 1.807) is 48.5 Å². The van der Waals surface area contributed by atoms with Crippen LogP contribution in [0.1, 0.15) is 31.1 Å². The number of nitrogens with one attached hydrogen (secondary N) is 1. The predicted octanol–water partition coefficient (Wildman–Crippen LogP) is 3.94. The van der Waals surface area contributed by atoms with Gasteiger partial charge in [-0.1, -0.05) is 23.7 Å². The molecule has 3 aromatic carbocycles. The molecule has 31 heavy (non-hydrogen) atoms. The molecule has 7 nitrogen and oxygen atoms in total. The van der Waals surface area contributed by atoms with Gasteiger partial charge in [-0.2, -0.15) is 0 Å². The fourth-order valence-corrected chi connectivity index (χ4v) is 3.24. The van der Waals surface area contributed by atoms with Crippen molar-refractivity contribution in [2.45, 2.75) is 0 Å². The van der Waals surface area contributed by atoms with E-state index in [-0.39, 0.29) is 5.56 Å². The third-order valence-electron chi connectivity index (χ3n) is 4.62. The number of nitrogens with zero attached hydrogens (tertiary/aromatic N) is 1. The molecule has 0 fully saturated rings. The molecule has 0 unspecified atom stereocenters. The van der Waals surface area contributed by atoms with Gasteiger partial charge in [-0.25, -0.2) is 9.69 Å². The molecule has 0 radical (unpaired) electrons. The number of halogens is 1. The average Bonchev–Trinajstić information content (AvgIpc) is 3.04. The Hall–Kier alpha value is -3.97. The van der Waals surface area contributed by atoms with Gasteiger partial charge >= 0.3 is 5.97 Å². The second-order valence-electron chi connectivity index (χ2n) is 6.67. The van der Waals surface area contributed by atoms with Crippen molar-refractivity contribution in [2.24, 2.45) is 0 Å². The Bertz CT molecular complexity index is 1150. The maximum atomic E-state index is 12.5. The summed E-state index contributed by atoms with van der Waals surface area (Å²) >= 11 is 5.79. The number of amides is 3. The number of anilines is 2. The zero-order valence-corrected chi connectivity index (χ0v) is 16.8. The molecular weight excluding hydrogens is 420 g/mol. The number of fused-ring (bicyclic) bond motifs is 1. The van der Waals surface area contributed by atoms with Gasteiger partial charge in [0.05, 0.1) is 22.4 Å². The van der Waals surface area contributed by atoms with E-state index in [1.807, 2.05) is 0 Å². The number of carbonyl (C=O) groups is 4. The van der Waals surface area contributed by atoms with Crippen LogP contribution in [0.15, 0.2) is 72.8 Å². The van der Waals surface area contributed by atoms with Crippen LogP contribution in [0.5, 0.6) is 0 Å². The monoisotopic (exact) mass is 434 g/mol. The molecule has 0 saturated heterocycles. The molecule has 4 rings (SSSR count). The van der Waals surface area contributed by atoms with Crippen molar-refractivity contribution in [2.75, 3.05) is 16.8 Å². The van der Waals surface area contributed by atoms with Crippen LogP contribution < -0.4 is 10.2 Å². The molecule has 1 aliphatic heterocycles. The highest BCUT2D eigenvalue weighted by Gasteiger charge is 2.36. The lowest BCUT2D eigenvalue weighted by Crippen LogP contribution is -2.29. The van der Waals surface area contributed by atoms with Crippen LogP contribution in [0.25, 0.3) is 0 Å². The van der Waals surface area contributed by atoms with Crippen LogP contribution in [0.3, 0.4) is 0 Å². The van der Waals surface area contributed by atoms with Crippen molar-refractivity contribution in [1.82, 2.24) is 0 Å². The highest BCUT2D eigenvalue weighted by molar-refractivity contribution is 6.34. The van der Waals surface area contributed by atoms with Gasteiger partial charge in [-0.15, -0.1) is 0 Å². The fourth-order valence-electron chi connectivity index (χ4n) is 3.12. The first-order valence-electron chi connectivity index (χ1n) is 9.24. The third kappa shape index (κ3) is 4.17. The number of esters is 1. The summed E-state index contributed by atoms with van der Waals surface area (Å²) in [6.45, 7) is -0.471. The number of benzene rings is 3. The van der Waals surface area contributed by atoms with Crippen molar-refractivity contribution in [1.29, 1.82) is 0 Å². The molecular formula is C23H15ClN2O5. The highest BCUT2D eigenvalue weighted by atomic mass is 35.5. The summed E-state index contributed by atoms with van der Waals surface area (Å²) in [4.78, 5) is 50.3. The molecule has 3 aromatic rings. The quantitative estimate of drug-likeness (QED) is 0.485. The fraction of sp³-hybridized carbons (Fsp3) is 0.0435. The standard InChI is InChI=1S/C23H15ClN2O5/c24-15-7-9-16(10-8-15)25-20(27)13-31-23(30)14-5-11-17(12-6-14)26-21(28)18-3-1-2-4-19(18)22(26)29/h1-12H,13H2,(H,25,27). The van der Waals surface area contributed by atoms with Gasteiger partial charge in [0.25, 0.3) is 17.7 Å². The van der Waals surface area contributed by atoms with Crippen LogP contribution in [-0.4, -0.2) is 30.3 Å². The van der Waals surface area contributed by atoms with Crippen LogP contribution in [-0.2, 0) is 9.53 Å². The maximum absolute atomic E-state index is 12.5. The molecule has 8 heteroatoms. The second kappa shape index (κ2) is 8.41. The highest BCUT2D eigenvalue weighted by Crippen LogP contribution is 2.28. The van der Waals surface area contributed by atoms with Crippen molar-refractivity contribution < 1.29 is 23.9 Å². The third-order valence-corrected chi connectivity index (χ3v) is 4.87. The zero-order chi connectivity index (χ0) is 22.0. The van der Waals surface area contributed by atoms with Crippen LogP contribution >= 0.6 is 11.6 Å². The Balaban J connectivity index is 1.37. The zero-order valence-electron chi connectivity index (χ0n) is 16.0. The van der Waals surface area contributed by atoms with Gasteiger partial charge in [0, 0.05) is 10.7 Å². The van der Waals surface area contributed by atoms with E-state index in [0.29, 0.717) is 27.5 Å². The molecule has 0 spiro atoms. The number of hydrogen-bond donors (Lipinski definition) is 1. The topological polar surface area (TPSA) is 92.8 Å². The van der Waals surface area contributed by atoms with Gasteiger partial charge in [0.15, 0.2) is 6.61 Å². The Morgan fingerprint density at radius 2 is 1.42 bits per heavy atom.